The minimum Gasteiger partial charge on any atom is -0.385 e. The van der Waals surface area contributed by atoms with Crippen molar-refractivity contribution in [3.8, 4) is 6.07 Å². The van der Waals surface area contributed by atoms with E-state index >= 15 is 0 Å². The third kappa shape index (κ3) is 7.75. The number of carbonyl (C=O) groups is 1. The van der Waals surface area contributed by atoms with Gasteiger partial charge in [-0.1, -0.05) is 31.5 Å². The summed E-state index contributed by atoms with van der Waals surface area (Å²) in [5.41, 5.74) is 0.425. The zero-order chi connectivity index (χ0) is 17.6. The van der Waals surface area contributed by atoms with Gasteiger partial charge in [-0.05, 0) is 18.9 Å². The molecule has 1 amide bonds. The van der Waals surface area contributed by atoms with Gasteiger partial charge in [-0.15, -0.1) is 0 Å². The van der Waals surface area contributed by atoms with E-state index in [4.69, 9.17) is 10.00 Å². The van der Waals surface area contributed by atoms with E-state index in [0.29, 0.717) is 25.1 Å². The maximum atomic E-state index is 13.5. The summed E-state index contributed by atoms with van der Waals surface area (Å²) in [7, 11) is 0. The van der Waals surface area contributed by atoms with E-state index in [1.807, 2.05) is 6.07 Å². The highest BCUT2D eigenvalue weighted by Gasteiger charge is 2.08. The second kappa shape index (κ2) is 12.1. The van der Waals surface area contributed by atoms with Gasteiger partial charge in [0.2, 0.25) is 0 Å². The Morgan fingerprint density at radius 3 is 2.79 bits per heavy atom. The van der Waals surface area contributed by atoms with Gasteiger partial charge in [0.25, 0.3) is 5.91 Å². The molecule has 130 valence electrons. The summed E-state index contributed by atoms with van der Waals surface area (Å²) < 4.78 is 18.8. The molecular formula is C18H24FN3O2. The van der Waals surface area contributed by atoms with E-state index in [2.05, 4.69) is 17.6 Å². The molecule has 0 unspecified atom stereocenters. The third-order valence-corrected chi connectivity index (χ3v) is 3.26. The minimum absolute atomic E-state index is 0.0433. The first kappa shape index (κ1) is 19.7. The van der Waals surface area contributed by atoms with Crippen molar-refractivity contribution in [3.63, 3.8) is 0 Å². The van der Waals surface area contributed by atoms with Gasteiger partial charge in [0.05, 0.1) is 0 Å². The highest BCUT2D eigenvalue weighted by atomic mass is 19.1. The van der Waals surface area contributed by atoms with E-state index in [9.17, 15) is 9.18 Å². The van der Waals surface area contributed by atoms with Gasteiger partial charge in [-0.3, -0.25) is 4.79 Å². The minimum atomic E-state index is -0.452. The second-order valence-corrected chi connectivity index (χ2v) is 5.22. The van der Waals surface area contributed by atoms with Gasteiger partial charge in [-0.2, -0.15) is 5.26 Å². The lowest BCUT2D eigenvalue weighted by molar-refractivity contribution is -0.117. The Hall–Kier alpha value is -2.39. The Morgan fingerprint density at radius 1 is 1.33 bits per heavy atom. The quantitative estimate of drug-likeness (QED) is 0.371. The van der Waals surface area contributed by atoms with Gasteiger partial charge in [0, 0.05) is 38.1 Å². The molecule has 0 aliphatic carbocycles. The Bertz CT molecular complexity index is 582. The number of nitriles is 1. The largest absolute Gasteiger partial charge is 0.385 e. The summed E-state index contributed by atoms with van der Waals surface area (Å²) in [5, 5.41) is 14.5. The molecule has 2 N–H and O–H groups in total. The van der Waals surface area contributed by atoms with Crippen LogP contribution in [0, 0.1) is 17.1 Å². The number of hydrogen-bond donors (Lipinski definition) is 2. The van der Waals surface area contributed by atoms with Crippen molar-refractivity contribution in [1.82, 2.24) is 10.6 Å². The lowest BCUT2D eigenvalue weighted by Gasteiger charge is -2.06. The molecule has 6 heteroatoms. The predicted molar refractivity (Wildman–Crippen MR) is 90.3 cm³/mol. The van der Waals surface area contributed by atoms with Gasteiger partial charge in [-0.25, -0.2) is 4.39 Å². The highest BCUT2D eigenvalue weighted by Crippen LogP contribution is 2.05. The van der Waals surface area contributed by atoms with E-state index in [1.54, 1.807) is 18.2 Å². The van der Waals surface area contributed by atoms with Crippen molar-refractivity contribution in [3.05, 3.63) is 47.4 Å². The molecule has 0 aromatic heterocycles. The molecule has 0 aliphatic rings. The summed E-state index contributed by atoms with van der Waals surface area (Å²) in [6.45, 7) is 4.05. The number of rotatable bonds is 11. The lowest BCUT2D eigenvalue weighted by atomic mass is 10.2. The molecular weight excluding hydrogens is 309 g/mol. The average molecular weight is 333 g/mol. The van der Waals surface area contributed by atoms with Crippen LogP contribution in [0.4, 0.5) is 4.39 Å². The molecule has 0 bridgehead atoms. The van der Waals surface area contributed by atoms with Crippen LogP contribution < -0.4 is 10.6 Å². The third-order valence-electron chi connectivity index (χ3n) is 3.26. The predicted octanol–water partition coefficient (Wildman–Crippen LogP) is 2.65. The summed E-state index contributed by atoms with van der Waals surface area (Å²) in [5.74, 6) is -0.781. The van der Waals surface area contributed by atoms with Crippen LogP contribution >= 0.6 is 0 Å². The average Bonchev–Trinajstić information content (AvgIpc) is 2.59. The first-order valence-electron chi connectivity index (χ1n) is 8.12. The summed E-state index contributed by atoms with van der Waals surface area (Å²) in [6, 6.07) is 8.17. The van der Waals surface area contributed by atoms with Crippen molar-refractivity contribution in [2.24, 2.45) is 0 Å². The molecule has 1 aromatic rings. The summed E-state index contributed by atoms with van der Waals surface area (Å²) in [6.07, 6.45) is 4.12. The van der Waals surface area contributed by atoms with Crippen LogP contribution in [0.3, 0.4) is 0 Å². The van der Waals surface area contributed by atoms with Crippen molar-refractivity contribution < 1.29 is 13.9 Å². The number of nitrogens with zero attached hydrogens (tertiary/aromatic N) is 1. The first-order chi connectivity index (χ1) is 11.7. The van der Waals surface area contributed by atoms with Gasteiger partial charge in [0.1, 0.15) is 17.5 Å². The highest BCUT2D eigenvalue weighted by molar-refractivity contribution is 5.97. The zero-order valence-electron chi connectivity index (χ0n) is 14.0. The number of hydrogen-bond acceptors (Lipinski definition) is 4. The molecule has 0 atom stereocenters. The second-order valence-electron chi connectivity index (χ2n) is 5.22. The normalized spacial score (nSPS) is 11.0. The SMILES string of the molecule is CCCCOCCCNC(=O)/C(C#N)=C\NCc1ccccc1F. The standard InChI is InChI=1S/C18H24FN3O2/c1-2-3-10-24-11-6-9-22-18(23)16(12-20)14-21-13-15-7-4-5-8-17(15)19/h4-5,7-8,14,21H,2-3,6,9-11,13H2,1H3,(H,22,23)/b16-14-. The Balaban J connectivity index is 2.30. The van der Waals surface area contributed by atoms with Gasteiger partial charge in [0.15, 0.2) is 0 Å². The topological polar surface area (TPSA) is 74.1 Å². The number of ether oxygens (including phenoxy) is 1. The van der Waals surface area contributed by atoms with Crippen LogP contribution in [0.5, 0.6) is 0 Å². The number of benzene rings is 1. The van der Waals surface area contributed by atoms with Crippen LogP contribution in [0.15, 0.2) is 36.0 Å². The van der Waals surface area contributed by atoms with Crippen LogP contribution in [0.25, 0.3) is 0 Å². The summed E-state index contributed by atoms with van der Waals surface area (Å²) in [4.78, 5) is 11.9. The van der Waals surface area contributed by atoms with Gasteiger partial charge < -0.3 is 15.4 Å². The van der Waals surface area contributed by atoms with E-state index in [-0.39, 0.29) is 17.9 Å². The molecule has 0 radical (unpaired) electrons. The molecule has 0 fully saturated rings. The van der Waals surface area contributed by atoms with Crippen molar-refractivity contribution in [2.75, 3.05) is 19.8 Å². The fraction of sp³-hybridized carbons (Fsp3) is 0.444. The van der Waals surface area contributed by atoms with Crippen molar-refractivity contribution >= 4 is 5.91 Å². The molecule has 0 spiro atoms. The summed E-state index contributed by atoms with van der Waals surface area (Å²) >= 11 is 0. The first-order valence-corrected chi connectivity index (χ1v) is 8.12. The molecule has 0 heterocycles. The number of nitrogens with one attached hydrogen (secondary N) is 2. The Kier molecular flexibility index (Phi) is 9.90. The monoisotopic (exact) mass is 333 g/mol. The fourth-order valence-electron chi connectivity index (χ4n) is 1.87. The van der Waals surface area contributed by atoms with Crippen LogP contribution in [0.1, 0.15) is 31.7 Å². The molecule has 0 aliphatic heterocycles. The Labute approximate surface area is 142 Å². The maximum absolute atomic E-state index is 13.5. The fourth-order valence-corrected chi connectivity index (χ4v) is 1.87. The molecule has 24 heavy (non-hydrogen) atoms. The van der Waals surface area contributed by atoms with E-state index < -0.39 is 5.91 Å². The van der Waals surface area contributed by atoms with E-state index in [0.717, 1.165) is 19.4 Å². The molecule has 0 saturated carbocycles. The molecule has 1 aromatic carbocycles. The van der Waals surface area contributed by atoms with Crippen molar-refractivity contribution in [2.45, 2.75) is 32.7 Å². The van der Waals surface area contributed by atoms with Crippen LogP contribution in [0.2, 0.25) is 0 Å². The van der Waals surface area contributed by atoms with E-state index in [1.165, 1.54) is 12.3 Å². The molecule has 1 rings (SSSR count). The van der Waals surface area contributed by atoms with Crippen LogP contribution in [-0.2, 0) is 16.1 Å². The zero-order valence-corrected chi connectivity index (χ0v) is 14.0. The number of halogens is 1. The number of amides is 1. The molecule has 0 saturated heterocycles. The molecule has 5 nitrogen and oxygen atoms in total. The Morgan fingerprint density at radius 2 is 2.08 bits per heavy atom. The maximum Gasteiger partial charge on any atom is 0.263 e. The number of carbonyl (C=O) groups excluding carboxylic acids is 1. The smallest absolute Gasteiger partial charge is 0.263 e. The van der Waals surface area contributed by atoms with Crippen LogP contribution in [-0.4, -0.2) is 25.7 Å². The van der Waals surface area contributed by atoms with Gasteiger partial charge >= 0.3 is 0 Å². The number of unbranched alkanes of at least 4 members (excludes halogenated alkanes) is 1. The van der Waals surface area contributed by atoms with Crippen molar-refractivity contribution in [1.29, 1.82) is 5.26 Å². The lowest BCUT2D eigenvalue weighted by Crippen LogP contribution is -2.27.